The molecule has 6 heteroatoms. The van der Waals surface area contributed by atoms with E-state index in [0.29, 0.717) is 12.6 Å². The van der Waals surface area contributed by atoms with Crippen LogP contribution in [-0.2, 0) is 11.3 Å². The number of nitrogens with zero attached hydrogens (tertiary/aromatic N) is 4. The fraction of sp³-hybridized carbons (Fsp3) is 0.714. The van der Waals surface area contributed by atoms with Crippen LogP contribution < -0.4 is 10.2 Å². The Morgan fingerprint density at radius 2 is 2.25 bits per heavy atom. The summed E-state index contributed by atoms with van der Waals surface area (Å²) in [6.07, 6.45) is 2.44. The Labute approximate surface area is 121 Å². The molecule has 20 heavy (non-hydrogen) atoms. The van der Waals surface area contributed by atoms with Crippen LogP contribution in [0.1, 0.15) is 18.7 Å². The van der Waals surface area contributed by atoms with Crippen LogP contribution in [0.25, 0.3) is 0 Å². The van der Waals surface area contributed by atoms with Crippen molar-refractivity contribution < 1.29 is 4.74 Å². The number of hydrogen-bond acceptors (Lipinski definition) is 6. The van der Waals surface area contributed by atoms with Crippen LogP contribution in [-0.4, -0.2) is 62.3 Å². The zero-order valence-electron chi connectivity index (χ0n) is 12.9. The summed E-state index contributed by atoms with van der Waals surface area (Å²) in [7, 11) is 7.83. The lowest BCUT2D eigenvalue weighted by Gasteiger charge is -2.37. The summed E-state index contributed by atoms with van der Waals surface area (Å²) >= 11 is 0. The van der Waals surface area contributed by atoms with E-state index in [1.54, 1.807) is 7.11 Å². The minimum atomic E-state index is 0.438. The highest BCUT2D eigenvalue weighted by molar-refractivity contribution is 5.49. The number of anilines is 2. The van der Waals surface area contributed by atoms with Crippen molar-refractivity contribution in [2.24, 2.45) is 0 Å². The molecule has 6 nitrogen and oxygen atoms in total. The molecule has 0 radical (unpaired) electrons. The van der Waals surface area contributed by atoms with Crippen molar-refractivity contribution in [3.05, 3.63) is 11.9 Å². The van der Waals surface area contributed by atoms with E-state index < -0.39 is 0 Å². The van der Waals surface area contributed by atoms with Crippen LogP contribution in [0.3, 0.4) is 0 Å². The van der Waals surface area contributed by atoms with Gasteiger partial charge in [-0.2, -0.15) is 0 Å². The number of aromatic nitrogens is 2. The SMILES string of the molecule is CNc1cc(N2CCCC(N(C)C)C2)nc(COC)n1. The minimum Gasteiger partial charge on any atom is -0.377 e. The van der Waals surface area contributed by atoms with Gasteiger partial charge >= 0.3 is 0 Å². The van der Waals surface area contributed by atoms with Crippen LogP contribution in [0, 0.1) is 0 Å². The summed E-state index contributed by atoms with van der Waals surface area (Å²) in [6, 6.07) is 2.60. The lowest BCUT2D eigenvalue weighted by atomic mass is 10.1. The van der Waals surface area contributed by atoms with Gasteiger partial charge < -0.3 is 19.9 Å². The molecule has 0 aliphatic carbocycles. The number of nitrogens with one attached hydrogen (secondary N) is 1. The normalized spacial score (nSPS) is 19.4. The van der Waals surface area contributed by atoms with Gasteiger partial charge in [-0.05, 0) is 26.9 Å². The first kappa shape index (κ1) is 15.0. The zero-order chi connectivity index (χ0) is 14.5. The van der Waals surface area contributed by atoms with Crippen molar-refractivity contribution in [1.82, 2.24) is 14.9 Å². The molecule has 1 aliphatic rings. The molecule has 2 heterocycles. The second-order valence-corrected chi connectivity index (χ2v) is 5.42. The predicted molar refractivity (Wildman–Crippen MR) is 81.2 cm³/mol. The molecule has 1 unspecified atom stereocenters. The third kappa shape index (κ3) is 3.58. The first-order valence-electron chi connectivity index (χ1n) is 7.10. The van der Waals surface area contributed by atoms with Gasteiger partial charge in [-0.1, -0.05) is 0 Å². The van der Waals surface area contributed by atoms with Gasteiger partial charge in [-0.3, -0.25) is 0 Å². The number of rotatable bonds is 5. The molecule has 1 aliphatic heterocycles. The second-order valence-electron chi connectivity index (χ2n) is 5.42. The smallest absolute Gasteiger partial charge is 0.158 e. The quantitative estimate of drug-likeness (QED) is 0.874. The number of piperidine rings is 1. The van der Waals surface area contributed by atoms with Gasteiger partial charge in [0, 0.05) is 39.4 Å². The molecule has 112 valence electrons. The van der Waals surface area contributed by atoms with Crippen molar-refractivity contribution in [3.63, 3.8) is 0 Å². The summed E-state index contributed by atoms with van der Waals surface area (Å²) in [6.45, 7) is 2.50. The molecule has 1 aromatic rings. The highest BCUT2D eigenvalue weighted by Crippen LogP contribution is 2.22. The number of ether oxygens (including phenoxy) is 1. The summed E-state index contributed by atoms with van der Waals surface area (Å²) in [5.41, 5.74) is 0. The topological polar surface area (TPSA) is 53.5 Å². The predicted octanol–water partition coefficient (Wildman–Crippen LogP) is 1.20. The monoisotopic (exact) mass is 279 g/mol. The molecule has 0 bridgehead atoms. The summed E-state index contributed by atoms with van der Waals surface area (Å²) in [4.78, 5) is 13.7. The molecule has 0 spiro atoms. The van der Waals surface area contributed by atoms with Crippen molar-refractivity contribution in [2.45, 2.75) is 25.5 Å². The first-order valence-corrected chi connectivity index (χ1v) is 7.10. The van der Waals surface area contributed by atoms with E-state index in [1.165, 1.54) is 12.8 Å². The van der Waals surface area contributed by atoms with E-state index >= 15 is 0 Å². The standard InChI is InChI=1S/C14H25N5O/c1-15-12-8-14(17-13(16-12)10-20-4)19-7-5-6-11(9-19)18(2)3/h8,11H,5-7,9-10H2,1-4H3,(H,15,16,17). The van der Waals surface area contributed by atoms with Gasteiger partial charge in [0.15, 0.2) is 5.82 Å². The van der Waals surface area contributed by atoms with Gasteiger partial charge in [0.05, 0.1) is 0 Å². The maximum atomic E-state index is 5.15. The number of hydrogen-bond donors (Lipinski definition) is 1. The van der Waals surface area contributed by atoms with Gasteiger partial charge in [-0.25, -0.2) is 9.97 Å². The molecule has 1 atom stereocenters. The fourth-order valence-corrected chi connectivity index (χ4v) is 2.55. The summed E-state index contributed by atoms with van der Waals surface area (Å²) < 4.78 is 5.15. The van der Waals surface area contributed by atoms with Crippen LogP contribution >= 0.6 is 0 Å². The third-order valence-electron chi connectivity index (χ3n) is 3.74. The van der Waals surface area contributed by atoms with Crippen molar-refractivity contribution in [1.29, 1.82) is 0 Å². The van der Waals surface area contributed by atoms with Crippen molar-refractivity contribution in [2.75, 3.05) is 51.6 Å². The largest absolute Gasteiger partial charge is 0.377 e. The molecule has 1 N–H and O–H groups in total. The Kier molecular flexibility index (Phi) is 5.14. The van der Waals surface area contributed by atoms with E-state index in [9.17, 15) is 0 Å². The van der Waals surface area contributed by atoms with Crippen LogP contribution in [0.15, 0.2) is 6.07 Å². The molecular weight excluding hydrogens is 254 g/mol. The van der Waals surface area contributed by atoms with E-state index in [0.717, 1.165) is 30.5 Å². The van der Waals surface area contributed by atoms with Crippen LogP contribution in [0.4, 0.5) is 11.6 Å². The van der Waals surface area contributed by atoms with Crippen LogP contribution in [0.2, 0.25) is 0 Å². The van der Waals surface area contributed by atoms with Crippen molar-refractivity contribution in [3.8, 4) is 0 Å². The Morgan fingerprint density at radius 1 is 1.45 bits per heavy atom. The summed E-state index contributed by atoms with van der Waals surface area (Å²) in [5, 5.41) is 3.10. The lowest BCUT2D eigenvalue weighted by Crippen LogP contribution is -2.45. The molecule has 1 fully saturated rings. The number of methoxy groups -OCH3 is 1. The summed E-state index contributed by atoms with van der Waals surface area (Å²) in [5.74, 6) is 2.55. The Balaban J connectivity index is 2.19. The molecule has 0 amide bonds. The van der Waals surface area contributed by atoms with Gasteiger partial charge in [0.25, 0.3) is 0 Å². The Morgan fingerprint density at radius 3 is 2.90 bits per heavy atom. The number of likely N-dealkylation sites (N-methyl/N-ethyl adjacent to an activating group) is 1. The Bertz CT molecular complexity index is 438. The maximum absolute atomic E-state index is 5.15. The van der Waals surface area contributed by atoms with Gasteiger partial charge in [-0.15, -0.1) is 0 Å². The molecule has 0 aromatic carbocycles. The van der Waals surface area contributed by atoms with E-state index in [4.69, 9.17) is 4.74 Å². The fourth-order valence-electron chi connectivity index (χ4n) is 2.55. The van der Waals surface area contributed by atoms with E-state index in [2.05, 4.69) is 39.2 Å². The third-order valence-corrected chi connectivity index (χ3v) is 3.74. The highest BCUT2D eigenvalue weighted by Gasteiger charge is 2.23. The molecule has 1 saturated heterocycles. The molecule has 2 rings (SSSR count). The van der Waals surface area contributed by atoms with Gasteiger partial charge in [0.2, 0.25) is 0 Å². The maximum Gasteiger partial charge on any atom is 0.158 e. The first-order chi connectivity index (χ1) is 9.63. The van der Waals surface area contributed by atoms with E-state index in [1.807, 2.05) is 13.1 Å². The van der Waals surface area contributed by atoms with Gasteiger partial charge in [0.1, 0.15) is 18.2 Å². The molecule has 0 saturated carbocycles. The lowest BCUT2D eigenvalue weighted by molar-refractivity contribution is 0.178. The van der Waals surface area contributed by atoms with E-state index in [-0.39, 0.29) is 0 Å². The van der Waals surface area contributed by atoms with Crippen LogP contribution in [0.5, 0.6) is 0 Å². The second kappa shape index (κ2) is 6.85. The molecular formula is C14H25N5O. The van der Waals surface area contributed by atoms with Crippen molar-refractivity contribution >= 4 is 11.6 Å². The average molecular weight is 279 g/mol. The highest BCUT2D eigenvalue weighted by atomic mass is 16.5. The molecule has 1 aromatic heterocycles. The average Bonchev–Trinajstić information content (AvgIpc) is 2.47. The Hall–Kier alpha value is -1.40. The zero-order valence-corrected chi connectivity index (χ0v) is 12.9. The minimum absolute atomic E-state index is 0.438.